The Balaban J connectivity index is 0.000000126. The van der Waals surface area contributed by atoms with E-state index in [1.54, 1.807) is 0 Å². The number of rotatable bonds is 10. The predicted molar refractivity (Wildman–Crippen MR) is 567 cm³/mol. The first kappa shape index (κ1) is 89.6. The van der Waals surface area contributed by atoms with Gasteiger partial charge in [-0.1, -0.05) is 183 Å². The zero-order chi connectivity index (χ0) is 99.3. The van der Waals surface area contributed by atoms with Gasteiger partial charge in [0.15, 0.2) is 28.5 Å². The molecule has 7 nitrogen and oxygen atoms in total. The van der Waals surface area contributed by atoms with Crippen LogP contribution in [-0.2, 0) is 35.2 Å². The van der Waals surface area contributed by atoms with Crippen molar-refractivity contribution in [3.05, 3.63) is 314 Å². The fourth-order valence-electron chi connectivity index (χ4n) is 23.0. The molecule has 0 atom stereocenters. The summed E-state index contributed by atoms with van der Waals surface area (Å²) in [5, 5.41) is 11.3. The highest BCUT2D eigenvalue weighted by Gasteiger charge is 2.34. The van der Waals surface area contributed by atoms with Crippen molar-refractivity contribution < 1.29 is 29.7 Å². The van der Waals surface area contributed by atoms with Crippen molar-refractivity contribution in [1.29, 1.82) is 0 Å². The maximum absolute atomic E-state index is 8.88. The van der Waals surface area contributed by atoms with Crippen LogP contribution in [0.1, 0.15) is 320 Å². The van der Waals surface area contributed by atoms with E-state index in [-0.39, 0.29) is 0 Å². The molecule has 5 fully saturated rings. The van der Waals surface area contributed by atoms with Gasteiger partial charge in [-0.3, -0.25) is 9.97 Å². The van der Waals surface area contributed by atoms with Crippen molar-refractivity contribution in [2.75, 3.05) is 0 Å². The molecule has 5 aliphatic rings. The summed E-state index contributed by atoms with van der Waals surface area (Å²) >= 11 is 0. The van der Waals surface area contributed by atoms with Crippen LogP contribution >= 0.6 is 0 Å². The Bertz CT molecular complexity index is 7010. The highest BCUT2D eigenvalue weighted by molar-refractivity contribution is 5.99. The molecular formula is C127H156N7+5. The summed E-state index contributed by atoms with van der Waals surface area (Å²) in [4.78, 5) is 8.60. The van der Waals surface area contributed by atoms with Crippen LogP contribution in [-0.4, -0.2) is 9.97 Å². The second-order valence-corrected chi connectivity index (χ2v) is 43.8. The summed E-state index contributed by atoms with van der Waals surface area (Å²) < 4.78 is 54.9. The van der Waals surface area contributed by atoms with Crippen molar-refractivity contribution in [2.45, 2.75) is 302 Å². The number of pyridine rings is 7. The van der Waals surface area contributed by atoms with Crippen LogP contribution in [0.4, 0.5) is 0 Å². The number of aromatic nitrogens is 7. The van der Waals surface area contributed by atoms with E-state index in [9.17, 15) is 0 Å². The van der Waals surface area contributed by atoms with Crippen LogP contribution < -0.4 is 22.8 Å². The molecule has 8 aromatic carbocycles. The van der Waals surface area contributed by atoms with Crippen molar-refractivity contribution in [2.24, 2.45) is 51.5 Å². The lowest BCUT2D eigenvalue weighted by Gasteiger charge is -2.34. The van der Waals surface area contributed by atoms with Gasteiger partial charge in [-0.15, -0.1) is 0 Å². The molecule has 7 heterocycles. The third kappa shape index (κ3) is 20.9. The van der Waals surface area contributed by atoms with E-state index in [0.29, 0.717) is 76.0 Å². The number of hydrogen-bond donors (Lipinski definition) is 0. The average molecular weight is 1790 g/mol. The Morgan fingerprint density at radius 3 is 0.910 bits per heavy atom. The Morgan fingerprint density at radius 2 is 0.552 bits per heavy atom. The van der Waals surface area contributed by atoms with Crippen LogP contribution in [0.3, 0.4) is 0 Å². The van der Waals surface area contributed by atoms with Gasteiger partial charge in [0.2, 0.25) is 28.5 Å². The monoisotopic (exact) mass is 1780 g/mol. The third-order valence-corrected chi connectivity index (χ3v) is 32.7. The second-order valence-electron chi connectivity index (χ2n) is 43.8. The van der Waals surface area contributed by atoms with Gasteiger partial charge in [-0.25, -0.2) is 0 Å². The van der Waals surface area contributed by atoms with Crippen molar-refractivity contribution >= 4 is 53.9 Å². The Labute approximate surface area is 812 Å². The molecule has 0 N–H and O–H groups in total. The number of aryl methyl sites for hydroxylation is 6. The summed E-state index contributed by atoms with van der Waals surface area (Å²) in [6.07, 6.45) is 36.1. The molecule has 0 aliphatic heterocycles. The van der Waals surface area contributed by atoms with E-state index < -0.39 is 0 Å². The predicted octanol–water partition coefficient (Wildman–Crippen LogP) is 31.6. The molecule has 0 radical (unpaired) electrons. The summed E-state index contributed by atoms with van der Waals surface area (Å²) in [5.74, 6) is 3.21. The molecule has 15 aromatic rings. The molecule has 0 bridgehead atoms. The normalized spacial score (nSPS) is 17.1. The van der Waals surface area contributed by atoms with Crippen LogP contribution in [0.15, 0.2) is 213 Å². The molecule has 134 heavy (non-hydrogen) atoms. The van der Waals surface area contributed by atoms with Crippen LogP contribution in [0, 0.1) is 106 Å². The number of nitrogens with zero attached hydrogens (tertiary/aromatic N) is 7. The van der Waals surface area contributed by atoms with Gasteiger partial charge in [0, 0.05) is 101 Å². The van der Waals surface area contributed by atoms with E-state index in [4.69, 9.17) is 6.85 Å². The third-order valence-electron chi connectivity index (χ3n) is 32.7. The molecule has 694 valence electrons. The first-order valence-electron chi connectivity index (χ1n) is 53.4. The number of benzene rings is 8. The van der Waals surface area contributed by atoms with Gasteiger partial charge in [-0.2, -0.15) is 22.8 Å². The van der Waals surface area contributed by atoms with E-state index in [1.807, 2.05) is 31.7 Å². The van der Waals surface area contributed by atoms with E-state index in [0.717, 1.165) is 83.0 Å². The summed E-state index contributed by atoms with van der Waals surface area (Å²) in [6, 6.07) is 61.5. The zero-order valence-corrected chi connectivity index (χ0v) is 85.9. The smallest absolute Gasteiger partial charge is 0.222 e. The average Bonchev–Trinajstić information content (AvgIpc) is 0.768. The van der Waals surface area contributed by atoms with E-state index >= 15 is 0 Å². The molecule has 5 saturated carbocycles. The van der Waals surface area contributed by atoms with Crippen LogP contribution in [0.25, 0.3) is 110 Å². The Kier molecular flexibility index (Phi) is 27.1. The lowest BCUT2D eigenvalue weighted by Crippen LogP contribution is -2.35. The van der Waals surface area contributed by atoms with Crippen molar-refractivity contribution in [3.8, 4) is 56.3 Å². The lowest BCUT2D eigenvalue weighted by atomic mass is 9.71. The molecule has 0 saturated heterocycles. The highest BCUT2D eigenvalue weighted by Crippen LogP contribution is 2.49. The van der Waals surface area contributed by atoms with E-state index in [1.165, 1.54) is 269 Å². The van der Waals surface area contributed by atoms with Crippen LogP contribution in [0.5, 0.6) is 0 Å². The van der Waals surface area contributed by atoms with E-state index in [2.05, 4.69) is 350 Å². The standard InChI is InChI=1S/C28H36N.C27H34N.C26H32N.2C23H27N2/c1-18-14-19(2)21(4)26(15-18)27-25-9-8-23(17-24(25)16-20(3)29(27)7)22-10-12-28(5,6)13-11-22;1-18-8-7-9-24(20(18)3)26-25-11-10-22(17-23(25)16-19(2)28(26)6)21-12-14-27(4,5)15-13-21;1-18-8-6-7-9-23(18)25-24-11-10-21(17-22(24)16-19(2)27(25)5)20-12-14-26(3,4)15-13-20;1-16-15-24-12-11-21(16)23-22-10-9-19(18-7-5-4-6-8-18)14-20(22)13-17(2)25(23)3;1-16-11-12-24-15-22(16)23-21-10-9-19(18-7-5-4-6-8-18)14-20(21)13-17(2)25(23)3/h8-9,14-17,22H,10-13H2,1-7H3;7-11,16-17,21H,12-15H2,1-6H3;6-11,16-17,20H,12-15H2,1-5H3;2*9-15,18H,4-8H2,1-3H3/q5*+1/i3*16D;2*13D. The molecule has 0 unspecified atom stereocenters. The van der Waals surface area contributed by atoms with Gasteiger partial charge in [0.1, 0.15) is 35.2 Å². The highest BCUT2D eigenvalue weighted by atomic mass is 15.0. The topological polar surface area (TPSA) is 45.2 Å². The molecule has 0 spiro atoms. The molecule has 5 aliphatic carbocycles. The molecule has 7 heteroatoms. The fraction of sp³-hybridized carbons (Fsp3) is 0.425. The minimum absolute atomic E-state index is 0.478. The SMILES string of the molecule is [2H]c1c(C)[n+](C)c(-c2cc(C)cc(C)c2C)c2ccc(C3CCC(C)(C)CC3)cc12.[2H]c1c(C)[n+](C)c(-c2cccc(C)c2C)c2ccc(C3CCC(C)(C)CC3)cc12.[2H]c1c(C)[n+](C)c(-c2ccccc2C)c2ccc(C3CCC(C)(C)CC3)cc12.[2H]c1c(C)[n+](C)c(-c2ccncc2C)c2ccc(C3CCCCC3)cc12.[2H]c1c(C)[n+](C)c(-c2cnccc2C)c2ccc(C3CCCCC3)cc12. The van der Waals surface area contributed by atoms with Gasteiger partial charge >= 0.3 is 0 Å². The van der Waals surface area contributed by atoms with Crippen molar-refractivity contribution in [3.63, 3.8) is 0 Å². The lowest BCUT2D eigenvalue weighted by molar-refractivity contribution is -0.665. The first-order valence-corrected chi connectivity index (χ1v) is 50.9. The number of hydrogen-bond acceptors (Lipinski definition) is 2. The van der Waals surface area contributed by atoms with Gasteiger partial charge in [0.25, 0.3) is 0 Å². The summed E-state index contributed by atoms with van der Waals surface area (Å²) in [6.45, 7) is 42.1. The summed E-state index contributed by atoms with van der Waals surface area (Å²) in [5.41, 5.74) is 36.0. The Hall–Kier alpha value is -10.9. The number of fused-ring (bicyclic) bond motifs is 5. The minimum Gasteiger partial charge on any atom is -0.264 e. The largest absolute Gasteiger partial charge is 0.264 e. The van der Waals surface area contributed by atoms with Gasteiger partial charge in [0.05, 0.1) is 50.5 Å². The quantitative estimate of drug-likeness (QED) is 0.128. The van der Waals surface area contributed by atoms with Crippen LogP contribution in [0.2, 0.25) is 0 Å². The molecule has 0 amide bonds. The zero-order valence-electron chi connectivity index (χ0n) is 90.9. The summed E-state index contributed by atoms with van der Waals surface area (Å²) in [7, 11) is 10.4. The first-order chi connectivity index (χ1) is 66.2. The van der Waals surface area contributed by atoms with Gasteiger partial charge < -0.3 is 0 Å². The maximum atomic E-state index is 8.88. The molecular weight excluding hydrogens is 1620 g/mol. The van der Waals surface area contributed by atoms with Crippen molar-refractivity contribution in [1.82, 2.24) is 9.97 Å². The maximum Gasteiger partial charge on any atom is 0.222 e. The fourth-order valence-corrected chi connectivity index (χ4v) is 23.0. The molecule has 7 aromatic heterocycles. The Morgan fingerprint density at radius 1 is 0.261 bits per heavy atom. The van der Waals surface area contributed by atoms with Gasteiger partial charge in [-0.05, 0) is 358 Å². The second kappa shape index (κ2) is 40.6. The molecule has 20 rings (SSSR count). The minimum atomic E-state index is 0.478.